The maximum Gasteiger partial charge on any atom is 0.330 e. The van der Waals surface area contributed by atoms with E-state index in [9.17, 15) is 10.1 Å². The van der Waals surface area contributed by atoms with Crippen LogP contribution in [-0.4, -0.2) is 9.91 Å². The molecule has 0 aliphatic rings. The minimum Gasteiger partial charge on any atom is -0.468 e. The molecule has 0 amide bonds. The van der Waals surface area contributed by atoms with Gasteiger partial charge in [0.25, 0.3) is 5.88 Å². The van der Waals surface area contributed by atoms with Crippen molar-refractivity contribution in [3.63, 3.8) is 0 Å². The highest BCUT2D eigenvalue weighted by molar-refractivity contribution is 9.10. The van der Waals surface area contributed by atoms with E-state index >= 15 is 0 Å². The molecule has 18 heavy (non-hydrogen) atoms. The van der Waals surface area contributed by atoms with E-state index in [2.05, 4.69) is 20.9 Å². The Hall–Kier alpha value is -1.95. The van der Waals surface area contributed by atoms with E-state index in [0.717, 1.165) is 10.0 Å². The number of pyridine rings is 1. The summed E-state index contributed by atoms with van der Waals surface area (Å²) in [5.41, 5.74) is 0.785. The van der Waals surface area contributed by atoms with Gasteiger partial charge in [-0.25, -0.2) is 4.98 Å². The van der Waals surface area contributed by atoms with Crippen LogP contribution in [0.25, 0.3) is 0 Å². The number of aromatic nitrogens is 1. The van der Waals surface area contributed by atoms with Crippen LogP contribution in [0.3, 0.4) is 0 Å². The Bertz CT molecular complexity index is 558. The number of benzene rings is 1. The number of nitro groups is 1. The molecule has 6 heteroatoms. The SMILES string of the molecule is O=[N+]([O-])c1cccnc1OCc1ccc(Br)cc1. The second-order valence-electron chi connectivity index (χ2n) is 3.50. The van der Waals surface area contributed by atoms with Gasteiger partial charge in [0.2, 0.25) is 0 Å². The molecule has 0 N–H and O–H groups in total. The number of ether oxygens (including phenoxy) is 1. The highest BCUT2D eigenvalue weighted by Gasteiger charge is 2.15. The molecule has 0 aliphatic heterocycles. The molecule has 0 radical (unpaired) electrons. The monoisotopic (exact) mass is 308 g/mol. The summed E-state index contributed by atoms with van der Waals surface area (Å²) in [5, 5.41) is 10.8. The fraction of sp³-hybridized carbons (Fsp3) is 0.0833. The second kappa shape index (κ2) is 5.59. The van der Waals surface area contributed by atoms with Crippen molar-refractivity contribution < 1.29 is 9.66 Å². The molecule has 0 saturated carbocycles. The van der Waals surface area contributed by atoms with Crippen molar-refractivity contribution in [1.29, 1.82) is 0 Å². The number of hydrogen-bond donors (Lipinski definition) is 0. The largest absolute Gasteiger partial charge is 0.468 e. The molecule has 0 aliphatic carbocycles. The van der Waals surface area contributed by atoms with Gasteiger partial charge in [-0.1, -0.05) is 28.1 Å². The van der Waals surface area contributed by atoms with Gasteiger partial charge >= 0.3 is 5.69 Å². The topological polar surface area (TPSA) is 65.3 Å². The van der Waals surface area contributed by atoms with Crippen molar-refractivity contribution in [3.8, 4) is 5.88 Å². The standard InChI is InChI=1S/C12H9BrN2O3/c13-10-5-3-9(4-6-10)8-18-12-11(15(16)17)2-1-7-14-12/h1-7H,8H2. The normalized spacial score (nSPS) is 10.1. The molecule has 0 atom stereocenters. The van der Waals surface area contributed by atoms with Gasteiger partial charge in [-0.3, -0.25) is 10.1 Å². The lowest BCUT2D eigenvalue weighted by Crippen LogP contribution is -2.00. The van der Waals surface area contributed by atoms with Gasteiger partial charge in [0, 0.05) is 16.7 Å². The second-order valence-corrected chi connectivity index (χ2v) is 4.42. The average molecular weight is 309 g/mol. The summed E-state index contributed by atoms with van der Waals surface area (Å²) in [4.78, 5) is 14.1. The number of rotatable bonds is 4. The van der Waals surface area contributed by atoms with Crippen molar-refractivity contribution >= 4 is 21.6 Å². The third-order valence-corrected chi connectivity index (χ3v) is 2.77. The zero-order valence-electron chi connectivity index (χ0n) is 9.25. The van der Waals surface area contributed by atoms with Crippen LogP contribution in [0.1, 0.15) is 5.56 Å². The van der Waals surface area contributed by atoms with E-state index in [1.54, 1.807) is 0 Å². The fourth-order valence-corrected chi connectivity index (χ4v) is 1.63. The van der Waals surface area contributed by atoms with Gasteiger partial charge in [-0.05, 0) is 23.8 Å². The third-order valence-electron chi connectivity index (χ3n) is 2.24. The predicted molar refractivity (Wildman–Crippen MR) is 69.4 cm³/mol. The molecule has 2 rings (SSSR count). The molecule has 1 heterocycles. The zero-order chi connectivity index (χ0) is 13.0. The van der Waals surface area contributed by atoms with Gasteiger partial charge in [0.15, 0.2) is 0 Å². The Morgan fingerprint density at radius 1 is 1.28 bits per heavy atom. The summed E-state index contributed by atoms with van der Waals surface area (Å²) in [6, 6.07) is 10.4. The summed E-state index contributed by atoms with van der Waals surface area (Å²) in [6.45, 7) is 0.241. The smallest absolute Gasteiger partial charge is 0.330 e. The molecule has 0 bridgehead atoms. The van der Waals surface area contributed by atoms with Crippen LogP contribution < -0.4 is 4.74 Å². The van der Waals surface area contributed by atoms with E-state index in [0.29, 0.717) is 0 Å². The molecule has 1 aromatic heterocycles. The summed E-state index contributed by atoms with van der Waals surface area (Å²) in [6.07, 6.45) is 1.46. The minimum absolute atomic E-state index is 0.0328. The number of nitrogens with zero attached hydrogens (tertiary/aromatic N) is 2. The zero-order valence-corrected chi connectivity index (χ0v) is 10.8. The Morgan fingerprint density at radius 2 is 2.00 bits per heavy atom. The summed E-state index contributed by atoms with van der Waals surface area (Å²) >= 11 is 3.33. The summed E-state index contributed by atoms with van der Waals surface area (Å²) < 4.78 is 6.32. The fourth-order valence-electron chi connectivity index (χ4n) is 1.36. The van der Waals surface area contributed by atoms with Crippen LogP contribution in [0, 0.1) is 10.1 Å². The Balaban J connectivity index is 2.10. The van der Waals surface area contributed by atoms with Crippen LogP contribution in [0.2, 0.25) is 0 Å². The van der Waals surface area contributed by atoms with Gasteiger partial charge in [-0.15, -0.1) is 0 Å². The van der Waals surface area contributed by atoms with E-state index in [1.165, 1.54) is 18.3 Å². The van der Waals surface area contributed by atoms with Crippen molar-refractivity contribution in [2.75, 3.05) is 0 Å². The highest BCUT2D eigenvalue weighted by Crippen LogP contribution is 2.23. The van der Waals surface area contributed by atoms with Crippen LogP contribution in [-0.2, 0) is 6.61 Å². The van der Waals surface area contributed by atoms with Crippen molar-refractivity contribution in [1.82, 2.24) is 4.98 Å². The lowest BCUT2D eigenvalue weighted by Gasteiger charge is -2.05. The minimum atomic E-state index is -0.510. The molecule has 0 fully saturated rings. The van der Waals surface area contributed by atoms with Gasteiger partial charge in [0.1, 0.15) is 6.61 Å². The lowest BCUT2D eigenvalue weighted by molar-refractivity contribution is -0.386. The van der Waals surface area contributed by atoms with Gasteiger partial charge < -0.3 is 4.74 Å². The molecule has 1 aromatic carbocycles. The first-order valence-electron chi connectivity index (χ1n) is 5.13. The van der Waals surface area contributed by atoms with E-state index in [-0.39, 0.29) is 18.2 Å². The lowest BCUT2D eigenvalue weighted by atomic mass is 10.2. The first-order chi connectivity index (χ1) is 8.66. The predicted octanol–water partition coefficient (Wildman–Crippen LogP) is 3.33. The first-order valence-corrected chi connectivity index (χ1v) is 5.93. The summed E-state index contributed by atoms with van der Waals surface area (Å²) in [7, 11) is 0. The van der Waals surface area contributed by atoms with Crippen LogP contribution >= 0.6 is 15.9 Å². The molecular formula is C12H9BrN2O3. The molecule has 0 unspecified atom stereocenters. The number of halogens is 1. The molecule has 0 spiro atoms. The Labute approximate surface area is 112 Å². The quantitative estimate of drug-likeness (QED) is 0.642. The van der Waals surface area contributed by atoms with Crippen molar-refractivity contribution in [2.45, 2.75) is 6.61 Å². The highest BCUT2D eigenvalue weighted by atomic mass is 79.9. The first kappa shape index (κ1) is 12.5. The average Bonchev–Trinajstić information content (AvgIpc) is 2.38. The van der Waals surface area contributed by atoms with Crippen LogP contribution in [0.4, 0.5) is 5.69 Å². The molecular weight excluding hydrogens is 300 g/mol. The maximum atomic E-state index is 10.8. The van der Waals surface area contributed by atoms with E-state index in [1.807, 2.05) is 24.3 Å². The summed E-state index contributed by atoms with van der Waals surface area (Å²) in [5.74, 6) is 0.0328. The molecule has 2 aromatic rings. The van der Waals surface area contributed by atoms with Crippen LogP contribution in [0.5, 0.6) is 5.88 Å². The molecule has 5 nitrogen and oxygen atoms in total. The van der Waals surface area contributed by atoms with E-state index in [4.69, 9.17) is 4.74 Å². The Kier molecular flexibility index (Phi) is 3.88. The van der Waals surface area contributed by atoms with Gasteiger partial charge in [-0.2, -0.15) is 0 Å². The van der Waals surface area contributed by atoms with Gasteiger partial charge in [0.05, 0.1) is 4.92 Å². The molecule has 92 valence electrons. The Morgan fingerprint density at radius 3 is 2.67 bits per heavy atom. The third kappa shape index (κ3) is 3.04. The maximum absolute atomic E-state index is 10.8. The van der Waals surface area contributed by atoms with Crippen molar-refractivity contribution in [3.05, 3.63) is 62.7 Å². The molecule has 0 saturated heterocycles. The van der Waals surface area contributed by atoms with Crippen LogP contribution in [0.15, 0.2) is 47.1 Å². The van der Waals surface area contributed by atoms with Crippen molar-refractivity contribution in [2.24, 2.45) is 0 Å². The number of hydrogen-bond acceptors (Lipinski definition) is 4. The van der Waals surface area contributed by atoms with E-state index < -0.39 is 4.92 Å².